The Morgan fingerprint density at radius 3 is 3.08 bits per heavy atom. The Hall–Kier alpha value is -2.44. The third kappa shape index (κ3) is 2.74. The number of nitrogens with zero attached hydrogens (tertiary/aromatic N) is 2. The second-order valence-corrected chi connectivity index (χ2v) is 6.16. The van der Waals surface area contributed by atoms with E-state index in [1.54, 1.807) is 6.20 Å². The number of para-hydroxylation sites is 1. The number of aryl methyl sites for hydroxylation is 1. The summed E-state index contributed by atoms with van der Waals surface area (Å²) >= 11 is 0. The van der Waals surface area contributed by atoms with E-state index in [4.69, 9.17) is 4.74 Å². The van der Waals surface area contributed by atoms with Crippen LogP contribution in [0, 0.1) is 0 Å². The van der Waals surface area contributed by atoms with Gasteiger partial charge in [-0.05, 0) is 30.0 Å². The van der Waals surface area contributed by atoms with Crippen LogP contribution in [0.25, 0.3) is 10.9 Å². The lowest BCUT2D eigenvalue weighted by Crippen LogP contribution is -2.33. The van der Waals surface area contributed by atoms with Crippen LogP contribution in [0.15, 0.2) is 47.4 Å². The molecule has 0 saturated carbocycles. The minimum atomic E-state index is -0.0443. The number of pyridine rings is 1. The van der Waals surface area contributed by atoms with Gasteiger partial charge in [-0.2, -0.15) is 5.10 Å². The summed E-state index contributed by atoms with van der Waals surface area (Å²) in [6.45, 7) is 1.23. The van der Waals surface area contributed by atoms with E-state index in [1.807, 2.05) is 48.1 Å². The number of hydrogen-bond acceptors (Lipinski definition) is 4. The molecule has 6 nitrogen and oxygen atoms in total. The molecule has 0 radical (unpaired) electrons. The number of ether oxygens (including phenoxy) is 1. The maximum atomic E-state index is 12.3. The van der Waals surface area contributed by atoms with Gasteiger partial charge in [0.15, 0.2) is 0 Å². The van der Waals surface area contributed by atoms with Crippen molar-refractivity contribution in [3.05, 3.63) is 64.2 Å². The maximum absolute atomic E-state index is 12.3. The lowest BCUT2D eigenvalue weighted by molar-refractivity contribution is 0.0919. The highest BCUT2D eigenvalue weighted by molar-refractivity contribution is 5.78. The van der Waals surface area contributed by atoms with E-state index in [9.17, 15) is 4.79 Å². The average Bonchev–Trinajstić information content (AvgIpc) is 3.21. The fourth-order valence-corrected chi connectivity index (χ4v) is 3.32. The van der Waals surface area contributed by atoms with Gasteiger partial charge in [-0.25, -0.2) is 0 Å². The summed E-state index contributed by atoms with van der Waals surface area (Å²) in [7, 11) is 1.92. The van der Waals surface area contributed by atoms with Gasteiger partial charge < -0.3 is 15.0 Å². The maximum Gasteiger partial charge on any atom is 0.252 e. The topological polar surface area (TPSA) is 71.9 Å². The fourth-order valence-electron chi connectivity index (χ4n) is 3.32. The van der Waals surface area contributed by atoms with E-state index < -0.39 is 0 Å². The van der Waals surface area contributed by atoms with Crippen molar-refractivity contribution >= 4 is 10.9 Å². The Balaban J connectivity index is 1.53. The van der Waals surface area contributed by atoms with E-state index >= 15 is 0 Å². The number of benzene rings is 1. The van der Waals surface area contributed by atoms with Crippen LogP contribution < -0.4 is 10.9 Å². The summed E-state index contributed by atoms with van der Waals surface area (Å²) in [5.74, 6) is 0. The highest BCUT2D eigenvalue weighted by Gasteiger charge is 2.31. The molecule has 1 fully saturated rings. The molecule has 0 aliphatic carbocycles. The van der Waals surface area contributed by atoms with Crippen LogP contribution in [0.4, 0.5) is 0 Å². The molecule has 2 N–H and O–H groups in total. The van der Waals surface area contributed by atoms with E-state index in [0.717, 1.165) is 28.6 Å². The van der Waals surface area contributed by atoms with Gasteiger partial charge in [0.2, 0.25) is 0 Å². The van der Waals surface area contributed by atoms with E-state index in [1.165, 1.54) is 0 Å². The number of fused-ring (bicyclic) bond motifs is 1. The van der Waals surface area contributed by atoms with E-state index in [0.29, 0.717) is 13.2 Å². The number of hydrogen-bond donors (Lipinski definition) is 2. The molecule has 0 amide bonds. The molecule has 3 heterocycles. The van der Waals surface area contributed by atoms with Gasteiger partial charge in [-0.1, -0.05) is 18.2 Å². The van der Waals surface area contributed by atoms with Crippen molar-refractivity contribution in [2.45, 2.75) is 25.1 Å². The predicted octanol–water partition coefficient (Wildman–Crippen LogP) is 1.88. The fraction of sp³-hybridized carbons (Fsp3) is 0.333. The molecule has 2 aromatic heterocycles. The minimum absolute atomic E-state index is 0.0305. The smallest absolute Gasteiger partial charge is 0.252 e. The molecule has 0 unspecified atom stereocenters. The number of rotatable bonds is 4. The number of nitrogens with one attached hydrogen (secondary N) is 2. The van der Waals surface area contributed by atoms with Crippen molar-refractivity contribution in [1.82, 2.24) is 20.1 Å². The first kappa shape index (κ1) is 15.1. The molecule has 1 aliphatic rings. The van der Waals surface area contributed by atoms with Crippen LogP contribution in [0.2, 0.25) is 0 Å². The van der Waals surface area contributed by atoms with Crippen LogP contribution in [-0.4, -0.2) is 27.4 Å². The zero-order chi connectivity index (χ0) is 16.5. The highest BCUT2D eigenvalue weighted by atomic mass is 16.5. The molecular formula is C18H20N4O2. The van der Waals surface area contributed by atoms with Crippen molar-refractivity contribution in [1.29, 1.82) is 0 Å². The number of aromatic nitrogens is 3. The van der Waals surface area contributed by atoms with Crippen LogP contribution in [0.1, 0.15) is 23.8 Å². The Morgan fingerprint density at radius 1 is 1.38 bits per heavy atom. The summed E-state index contributed by atoms with van der Waals surface area (Å²) in [5, 5.41) is 8.74. The molecule has 1 aromatic carbocycles. The lowest BCUT2D eigenvalue weighted by atomic mass is 10.1. The molecule has 4 rings (SSSR count). The number of aromatic amines is 1. The zero-order valence-corrected chi connectivity index (χ0v) is 13.5. The van der Waals surface area contributed by atoms with Gasteiger partial charge in [0.05, 0.1) is 5.69 Å². The Labute approximate surface area is 139 Å². The summed E-state index contributed by atoms with van der Waals surface area (Å²) in [6.07, 6.45) is 2.67. The van der Waals surface area contributed by atoms with Crippen LogP contribution >= 0.6 is 0 Å². The van der Waals surface area contributed by atoms with Gasteiger partial charge in [0.1, 0.15) is 6.10 Å². The Kier molecular flexibility index (Phi) is 3.92. The first-order valence-corrected chi connectivity index (χ1v) is 8.16. The quantitative estimate of drug-likeness (QED) is 0.769. The van der Waals surface area contributed by atoms with Gasteiger partial charge in [-0.3, -0.25) is 9.48 Å². The van der Waals surface area contributed by atoms with Gasteiger partial charge in [0, 0.05) is 43.5 Å². The molecule has 6 heteroatoms. The van der Waals surface area contributed by atoms with Crippen LogP contribution in [0.5, 0.6) is 0 Å². The molecule has 3 aromatic rings. The van der Waals surface area contributed by atoms with Crippen molar-refractivity contribution in [3.63, 3.8) is 0 Å². The van der Waals surface area contributed by atoms with Crippen LogP contribution in [0.3, 0.4) is 0 Å². The van der Waals surface area contributed by atoms with Gasteiger partial charge in [-0.15, -0.1) is 0 Å². The minimum Gasteiger partial charge on any atom is -0.370 e. The van der Waals surface area contributed by atoms with Gasteiger partial charge >= 0.3 is 0 Å². The van der Waals surface area contributed by atoms with Crippen molar-refractivity contribution in [3.8, 4) is 0 Å². The average molecular weight is 324 g/mol. The van der Waals surface area contributed by atoms with E-state index in [-0.39, 0.29) is 17.7 Å². The van der Waals surface area contributed by atoms with Crippen molar-refractivity contribution in [2.75, 3.05) is 6.61 Å². The summed E-state index contributed by atoms with van der Waals surface area (Å²) < 4.78 is 7.71. The molecule has 0 spiro atoms. The van der Waals surface area contributed by atoms with Crippen molar-refractivity contribution in [2.24, 2.45) is 7.05 Å². The summed E-state index contributed by atoms with van der Waals surface area (Å²) in [6, 6.07) is 11.9. The highest BCUT2D eigenvalue weighted by Crippen LogP contribution is 2.28. The molecule has 24 heavy (non-hydrogen) atoms. The molecule has 1 saturated heterocycles. The van der Waals surface area contributed by atoms with Crippen molar-refractivity contribution < 1.29 is 4.74 Å². The monoisotopic (exact) mass is 324 g/mol. The number of H-pyrrole nitrogens is 1. The van der Waals surface area contributed by atoms with Crippen LogP contribution in [-0.2, 0) is 18.3 Å². The standard InChI is InChI=1S/C18H20N4O2/c1-22-16(6-8-20-22)17-15(7-9-24-17)19-11-13-10-12-4-2-3-5-14(12)21-18(13)23/h2-6,8,10,15,17,19H,7,9,11H2,1H3,(H,21,23)/t15-,17-/m0/s1. The third-order valence-corrected chi connectivity index (χ3v) is 4.63. The second kappa shape index (κ2) is 6.22. The third-order valence-electron chi connectivity index (χ3n) is 4.63. The molecule has 124 valence electrons. The first-order chi connectivity index (χ1) is 11.7. The van der Waals surface area contributed by atoms with Gasteiger partial charge in [0.25, 0.3) is 5.56 Å². The molecular weight excluding hydrogens is 304 g/mol. The first-order valence-electron chi connectivity index (χ1n) is 8.16. The SMILES string of the molecule is Cn1nccc1[C@H]1OCC[C@@H]1NCc1cc2ccccc2[nH]c1=O. The van der Waals surface area contributed by atoms with E-state index in [2.05, 4.69) is 15.4 Å². The second-order valence-electron chi connectivity index (χ2n) is 6.16. The Morgan fingerprint density at radius 2 is 2.25 bits per heavy atom. The normalized spacial score (nSPS) is 20.7. The summed E-state index contributed by atoms with van der Waals surface area (Å²) in [4.78, 5) is 15.2. The molecule has 1 aliphatic heterocycles. The summed E-state index contributed by atoms with van der Waals surface area (Å²) in [5.41, 5.74) is 2.61. The zero-order valence-electron chi connectivity index (χ0n) is 13.5. The Bertz CT molecular complexity index is 915. The lowest BCUT2D eigenvalue weighted by Gasteiger charge is -2.20. The molecule has 2 atom stereocenters. The predicted molar refractivity (Wildman–Crippen MR) is 91.7 cm³/mol. The molecule has 0 bridgehead atoms. The largest absolute Gasteiger partial charge is 0.370 e.